The van der Waals surface area contributed by atoms with Crippen LogP contribution in [0, 0.1) is 5.92 Å². The number of aromatic nitrogens is 2. The van der Waals surface area contributed by atoms with E-state index in [1.165, 1.54) is 18.4 Å². The van der Waals surface area contributed by atoms with Crippen LogP contribution >= 0.6 is 0 Å². The van der Waals surface area contributed by atoms with Crippen molar-refractivity contribution in [3.63, 3.8) is 0 Å². The number of hydrogen-bond donors (Lipinski definition) is 0. The van der Waals surface area contributed by atoms with Crippen LogP contribution in [0.2, 0.25) is 0 Å². The van der Waals surface area contributed by atoms with Gasteiger partial charge in [0.25, 0.3) is 0 Å². The number of piperazine rings is 1. The van der Waals surface area contributed by atoms with Crippen molar-refractivity contribution in [3.05, 3.63) is 48.2 Å². The fourth-order valence-electron chi connectivity index (χ4n) is 3.85. The number of rotatable bonds is 4. The van der Waals surface area contributed by atoms with Crippen LogP contribution in [0.1, 0.15) is 25.3 Å². The second-order valence-corrected chi connectivity index (χ2v) is 7.63. The van der Waals surface area contributed by atoms with E-state index < -0.39 is 0 Å². The minimum absolute atomic E-state index is 0.826. The maximum atomic E-state index is 4.88. The van der Waals surface area contributed by atoms with Crippen LogP contribution in [0.5, 0.6) is 0 Å². The topological polar surface area (TPSA) is 35.5 Å². The van der Waals surface area contributed by atoms with E-state index in [0.29, 0.717) is 0 Å². The van der Waals surface area contributed by atoms with Crippen molar-refractivity contribution in [2.75, 3.05) is 49.1 Å². The minimum Gasteiger partial charge on any atom is -0.354 e. The monoisotopic (exact) mass is 351 g/mol. The van der Waals surface area contributed by atoms with Crippen LogP contribution in [-0.4, -0.2) is 54.1 Å². The molecule has 0 N–H and O–H groups in total. The summed E-state index contributed by atoms with van der Waals surface area (Å²) < 4.78 is 0. The van der Waals surface area contributed by atoms with Gasteiger partial charge in [-0.1, -0.05) is 37.3 Å². The summed E-state index contributed by atoms with van der Waals surface area (Å²) in [7, 11) is 0. The molecule has 138 valence electrons. The van der Waals surface area contributed by atoms with E-state index in [-0.39, 0.29) is 0 Å². The fraction of sp³-hybridized carbons (Fsp3) is 0.524. The lowest BCUT2D eigenvalue weighted by Gasteiger charge is -2.36. The molecule has 2 saturated heterocycles. The van der Waals surface area contributed by atoms with Gasteiger partial charge >= 0.3 is 0 Å². The predicted molar refractivity (Wildman–Crippen MR) is 107 cm³/mol. The SMILES string of the molecule is CC1CCN(c2nccc(N3CCN(Cc4ccccc4)CC3)n2)CC1. The maximum Gasteiger partial charge on any atom is 0.227 e. The lowest BCUT2D eigenvalue weighted by atomic mass is 10.00. The molecule has 0 amide bonds. The number of hydrogen-bond acceptors (Lipinski definition) is 5. The van der Waals surface area contributed by atoms with Gasteiger partial charge in [0, 0.05) is 52.0 Å². The van der Waals surface area contributed by atoms with E-state index in [9.17, 15) is 0 Å². The summed E-state index contributed by atoms with van der Waals surface area (Å²) in [6.45, 7) is 9.75. The zero-order chi connectivity index (χ0) is 17.8. The summed E-state index contributed by atoms with van der Waals surface area (Å²) in [5.41, 5.74) is 1.39. The van der Waals surface area contributed by atoms with Gasteiger partial charge in [0.1, 0.15) is 5.82 Å². The van der Waals surface area contributed by atoms with Gasteiger partial charge in [0.15, 0.2) is 0 Å². The standard InChI is InChI=1S/C21H29N5/c1-18-8-11-26(12-9-18)21-22-10-7-20(23-21)25-15-13-24(14-16-25)17-19-5-3-2-4-6-19/h2-7,10,18H,8-9,11-17H2,1H3. The van der Waals surface area contributed by atoms with Crippen molar-refractivity contribution in [1.82, 2.24) is 14.9 Å². The third-order valence-corrected chi connectivity index (χ3v) is 5.64. The molecule has 0 spiro atoms. The first-order chi connectivity index (χ1) is 12.8. The van der Waals surface area contributed by atoms with Crippen LogP contribution in [0.4, 0.5) is 11.8 Å². The molecule has 5 heteroatoms. The molecule has 1 aromatic heterocycles. The molecule has 0 radical (unpaired) electrons. The average Bonchev–Trinajstić information content (AvgIpc) is 2.70. The Hall–Kier alpha value is -2.14. The summed E-state index contributed by atoms with van der Waals surface area (Å²) in [5.74, 6) is 2.81. The van der Waals surface area contributed by atoms with Gasteiger partial charge in [0.2, 0.25) is 5.95 Å². The van der Waals surface area contributed by atoms with Gasteiger partial charge in [-0.15, -0.1) is 0 Å². The molecule has 2 aliphatic heterocycles. The largest absolute Gasteiger partial charge is 0.354 e. The molecule has 2 fully saturated rings. The average molecular weight is 351 g/mol. The molecule has 2 aliphatic rings. The molecule has 0 unspecified atom stereocenters. The summed E-state index contributed by atoms with van der Waals surface area (Å²) in [6.07, 6.45) is 4.41. The maximum absolute atomic E-state index is 4.88. The van der Waals surface area contributed by atoms with E-state index >= 15 is 0 Å². The van der Waals surface area contributed by atoms with Gasteiger partial charge in [-0.05, 0) is 30.4 Å². The Morgan fingerprint density at radius 3 is 2.35 bits per heavy atom. The highest BCUT2D eigenvalue weighted by Gasteiger charge is 2.21. The van der Waals surface area contributed by atoms with Gasteiger partial charge in [-0.2, -0.15) is 4.98 Å². The zero-order valence-electron chi connectivity index (χ0n) is 15.7. The van der Waals surface area contributed by atoms with Crippen molar-refractivity contribution in [2.24, 2.45) is 5.92 Å². The lowest BCUT2D eigenvalue weighted by Crippen LogP contribution is -2.46. The minimum atomic E-state index is 0.826. The quantitative estimate of drug-likeness (QED) is 0.846. The van der Waals surface area contributed by atoms with E-state index in [0.717, 1.165) is 63.5 Å². The zero-order valence-corrected chi connectivity index (χ0v) is 15.7. The van der Waals surface area contributed by atoms with Gasteiger partial charge in [-0.3, -0.25) is 4.90 Å². The van der Waals surface area contributed by atoms with Crippen molar-refractivity contribution >= 4 is 11.8 Å². The summed E-state index contributed by atoms with van der Waals surface area (Å²) in [5, 5.41) is 0. The molecule has 0 atom stereocenters. The van der Waals surface area contributed by atoms with E-state index in [1.807, 2.05) is 6.20 Å². The molecular weight excluding hydrogens is 322 g/mol. The predicted octanol–water partition coefficient (Wildman–Crippen LogP) is 3.04. The molecule has 0 bridgehead atoms. The number of piperidine rings is 1. The Kier molecular flexibility index (Phi) is 5.34. The second-order valence-electron chi connectivity index (χ2n) is 7.63. The van der Waals surface area contributed by atoms with Crippen molar-refractivity contribution in [2.45, 2.75) is 26.3 Å². The Labute approximate surface area is 156 Å². The number of nitrogens with zero attached hydrogens (tertiary/aromatic N) is 5. The highest BCUT2D eigenvalue weighted by molar-refractivity contribution is 5.44. The molecule has 1 aromatic carbocycles. The molecule has 4 rings (SSSR count). The van der Waals surface area contributed by atoms with Crippen molar-refractivity contribution in [3.8, 4) is 0 Å². The first-order valence-electron chi connectivity index (χ1n) is 9.87. The van der Waals surface area contributed by atoms with Crippen molar-refractivity contribution in [1.29, 1.82) is 0 Å². The summed E-state index contributed by atoms with van der Waals surface area (Å²) >= 11 is 0. The lowest BCUT2D eigenvalue weighted by molar-refractivity contribution is 0.249. The van der Waals surface area contributed by atoms with E-state index in [2.05, 4.69) is 63.0 Å². The Bertz CT molecular complexity index is 689. The Morgan fingerprint density at radius 1 is 0.885 bits per heavy atom. The molecule has 0 saturated carbocycles. The van der Waals surface area contributed by atoms with Crippen LogP contribution < -0.4 is 9.80 Å². The Balaban J connectivity index is 1.35. The molecule has 2 aromatic rings. The van der Waals surface area contributed by atoms with Gasteiger partial charge < -0.3 is 9.80 Å². The first kappa shape index (κ1) is 17.3. The smallest absolute Gasteiger partial charge is 0.227 e. The Morgan fingerprint density at radius 2 is 1.62 bits per heavy atom. The van der Waals surface area contributed by atoms with Gasteiger partial charge in [-0.25, -0.2) is 4.98 Å². The van der Waals surface area contributed by atoms with E-state index in [1.54, 1.807) is 0 Å². The van der Waals surface area contributed by atoms with Gasteiger partial charge in [0.05, 0.1) is 0 Å². The van der Waals surface area contributed by atoms with Crippen LogP contribution in [0.15, 0.2) is 42.6 Å². The fourth-order valence-corrected chi connectivity index (χ4v) is 3.85. The summed E-state index contributed by atoms with van der Waals surface area (Å²) in [6, 6.07) is 12.8. The number of anilines is 2. The highest BCUT2D eigenvalue weighted by Crippen LogP contribution is 2.22. The highest BCUT2D eigenvalue weighted by atomic mass is 15.3. The molecule has 26 heavy (non-hydrogen) atoms. The van der Waals surface area contributed by atoms with Crippen LogP contribution in [0.25, 0.3) is 0 Å². The van der Waals surface area contributed by atoms with Crippen LogP contribution in [0.3, 0.4) is 0 Å². The van der Waals surface area contributed by atoms with Crippen LogP contribution in [-0.2, 0) is 6.54 Å². The normalized spacial score (nSPS) is 19.7. The number of benzene rings is 1. The second kappa shape index (κ2) is 8.04. The molecule has 0 aliphatic carbocycles. The third-order valence-electron chi connectivity index (χ3n) is 5.64. The molecular formula is C21H29N5. The first-order valence-corrected chi connectivity index (χ1v) is 9.87. The molecule has 3 heterocycles. The molecule has 5 nitrogen and oxygen atoms in total. The third kappa shape index (κ3) is 4.15. The van der Waals surface area contributed by atoms with E-state index in [4.69, 9.17) is 4.98 Å². The summed E-state index contributed by atoms with van der Waals surface area (Å²) in [4.78, 5) is 16.7. The van der Waals surface area contributed by atoms with Crippen molar-refractivity contribution < 1.29 is 0 Å².